The summed E-state index contributed by atoms with van der Waals surface area (Å²) in [5.41, 5.74) is 7.18. The summed E-state index contributed by atoms with van der Waals surface area (Å²) < 4.78 is 99.1. The summed E-state index contributed by atoms with van der Waals surface area (Å²) in [7, 11) is 5.24. The number of hydrogen-bond acceptors (Lipinski definition) is 31. The molecule has 3 saturated heterocycles. The van der Waals surface area contributed by atoms with Crippen LogP contribution in [0.25, 0.3) is 22.1 Å². The van der Waals surface area contributed by atoms with Crippen LogP contribution in [-0.2, 0) is 89.2 Å². The van der Waals surface area contributed by atoms with Gasteiger partial charge in [0.2, 0.25) is 17.7 Å². The Morgan fingerprint density at radius 2 is 0.992 bits per heavy atom. The minimum atomic E-state index is -1.44. The molecule has 3 fully saturated rings. The Kier molecular flexibility index (Phi) is 46.8. The molecular weight excluding hydrogens is 2380 g/mol. The average Bonchev–Trinajstić information content (AvgIpc) is 1.77. The Bertz CT molecular complexity index is 5190. The molecule has 5 aromatic heterocycles. The van der Waals surface area contributed by atoms with Crippen LogP contribution in [0, 0.1) is 17.5 Å². The molecule has 0 aliphatic carbocycles. The number of carbonyl (C=O) groups is 8. The number of nitrogens with zero attached hydrogens (tertiary/aromatic N) is 14. The van der Waals surface area contributed by atoms with Crippen LogP contribution in [-0.4, -0.2) is 193 Å². The first kappa shape index (κ1) is 107. The molecule has 0 spiro atoms. The summed E-state index contributed by atoms with van der Waals surface area (Å²) in [6.45, 7) is 1.40. The van der Waals surface area contributed by atoms with Crippen LogP contribution >= 0.6 is 164 Å². The number of aryl methyl sites for hydroxylation is 2. The fraction of sp³-hybridized carbons (Fsp3) is 0.373. The van der Waals surface area contributed by atoms with E-state index in [0.29, 0.717) is 135 Å². The number of rotatable bonds is 19. The number of ether oxygens (including phenoxy) is 7. The zero-order valence-corrected chi connectivity index (χ0v) is 81.3. The minimum absolute atomic E-state index is 0. The van der Waals surface area contributed by atoms with Crippen molar-refractivity contribution < 1.29 is 122 Å². The quantitative estimate of drug-likeness (QED) is 0.0165. The second-order valence-corrected chi connectivity index (χ2v) is 73.4. The van der Waals surface area contributed by atoms with Crippen LogP contribution in [0.1, 0.15) is 53.4 Å². The fourth-order valence-corrected chi connectivity index (χ4v) is 12.7. The number of benzene rings is 3. The number of anilines is 8. The van der Waals surface area contributed by atoms with Crippen molar-refractivity contribution in [2.75, 3.05) is 119 Å². The van der Waals surface area contributed by atoms with E-state index >= 15 is 0 Å². The van der Waals surface area contributed by atoms with E-state index in [4.69, 9.17) is 46.6 Å². The van der Waals surface area contributed by atoms with Gasteiger partial charge in [0.15, 0.2) is 82.5 Å². The number of amides is 7. The van der Waals surface area contributed by atoms with Gasteiger partial charge in [0, 0.05) is 27.7 Å². The number of carbonyl (C=O) groups excluding carboxylic acids is 8. The fourth-order valence-electron chi connectivity index (χ4n) is 11.3. The molecule has 54 heteroatoms. The first-order chi connectivity index (χ1) is 55.7. The summed E-state index contributed by atoms with van der Waals surface area (Å²) in [6, 6.07) is 8.27. The van der Waals surface area contributed by atoms with Crippen LogP contribution in [0.4, 0.5) is 73.8 Å². The zero-order chi connectivity index (χ0) is 83.9. The Morgan fingerprint density at radius 3 is 1.45 bits per heavy atom. The molecule has 6 N–H and O–H groups in total. The van der Waals surface area contributed by atoms with Gasteiger partial charge in [-0.05, 0) is 74.9 Å². The molecule has 121 heavy (non-hydrogen) atoms. The van der Waals surface area contributed by atoms with Gasteiger partial charge in [-0.1, -0.05) is 38.4 Å². The summed E-state index contributed by atoms with van der Waals surface area (Å²) in [6.07, 6.45) is 8.27. The van der Waals surface area contributed by atoms with Crippen molar-refractivity contribution in [3.8, 4) is 23.1 Å². The van der Waals surface area contributed by atoms with Gasteiger partial charge in [-0.3, -0.25) is 48.3 Å². The van der Waals surface area contributed by atoms with E-state index in [9.17, 15) is 61.1 Å². The van der Waals surface area contributed by atoms with E-state index in [1.807, 2.05) is 0 Å². The second-order valence-electron chi connectivity index (χ2n) is 24.1. The summed E-state index contributed by atoms with van der Waals surface area (Å²) >= 11 is 13.3. The van der Waals surface area contributed by atoms with E-state index in [-0.39, 0.29) is 205 Å². The van der Waals surface area contributed by atoms with Gasteiger partial charge in [-0.25, -0.2) is 67.4 Å². The average molecular weight is 2460 g/mol. The second kappa shape index (κ2) is 52.8. The van der Waals surface area contributed by atoms with Gasteiger partial charge in [-0.15, -0.1) is 0 Å². The van der Waals surface area contributed by atoms with E-state index < -0.39 is 50.6 Å². The Labute approximate surface area is 790 Å². The van der Waals surface area contributed by atoms with Crippen LogP contribution in [0.3, 0.4) is 0 Å². The number of unbranched alkanes of at least 4 members (excludes halogenated alkanes) is 2. The van der Waals surface area contributed by atoms with Gasteiger partial charge in [-0.2, -0.15) is 40.5 Å². The predicted molar refractivity (Wildman–Crippen MR) is 489 cm³/mol. The predicted octanol–water partition coefficient (Wildman–Crippen LogP) is 10.6. The first-order valence-corrected chi connectivity index (χ1v) is 59.2. The van der Waals surface area contributed by atoms with Crippen molar-refractivity contribution in [3.05, 3.63) is 106 Å². The Morgan fingerprint density at radius 1 is 0.587 bits per heavy atom. The van der Waals surface area contributed by atoms with Crippen LogP contribution in [0.2, 0.25) is 0 Å². The van der Waals surface area contributed by atoms with Crippen molar-refractivity contribution >= 4 is 280 Å². The molecule has 0 unspecified atom stereocenters. The molecule has 658 valence electrons. The number of nitrogens with two attached hydrogens (primary N) is 1. The van der Waals surface area contributed by atoms with Crippen molar-refractivity contribution in [3.63, 3.8) is 0 Å². The molecule has 15 rings (SSSR count). The molecule has 8 aromatic rings. The van der Waals surface area contributed by atoms with Crippen LogP contribution in [0.5, 0.6) is 23.1 Å². The van der Waals surface area contributed by atoms with E-state index in [1.54, 1.807) is 20.2 Å². The molecule has 12 heterocycles. The van der Waals surface area contributed by atoms with Gasteiger partial charge in [0.1, 0.15) is 51.7 Å². The normalized spacial score (nSPS) is 15.9. The third-order valence-electron chi connectivity index (χ3n) is 16.6. The SMILES string of the molecule is C.C.CN1C(=O)CNc2ccc(F)c(OCCCC[C@H]3CN(c4cnc5c(n4)NC(=O)CS5)C(=O)O3)c21.Cn1c(=O)cnc2ccc(F)c(OCC=O)c21.Cn1c(=O)cnc2ccc(F)c(OCCCC[C@H]3CN(c4cnc5c(n4)NC(=O)CS5)C(=O)O3)c21.NC[C@H]1CN(c2cnc3c(n2)NC(=O)CO3)C(=O)O1.S.S.S.[I][V]([I])[I].[I][V][I].[O]=[Mn]=[O]. The van der Waals surface area contributed by atoms with Gasteiger partial charge >= 0.3 is 155 Å². The zero-order valence-electron chi connectivity index (χ0n) is 61.9. The van der Waals surface area contributed by atoms with Gasteiger partial charge in [0.25, 0.3) is 22.9 Å². The molecule has 0 bridgehead atoms. The molecule has 0 radical (unpaired) electrons. The summed E-state index contributed by atoms with van der Waals surface area (Å²) in [5.74, 6) is -0.0899. The molecule has 7 aliphatic rings. The molecule has 7 aliphatic heterocycles. The standard InChI is InChI=1S/C22H23FN6O5S.C22H21FN6O5S.C11H9FN2O3.C10H11N5O4.2CH4.5HI.Mn.2O.3H2S.2V/c2*1-28-17(31)9-24-14-6-5-13(23)19(18(14)28)33-7-3-2-4-12-10-29(22(32)34-12)15-8-25-21-20(26-15)27-16(30)11-35-21;1-14-9(16)6-13-8-3-2-7(12)11(10(8)14)17-5-4-15;11-1-5-3-15(10(17)19-5)6-2-12-9-8(13-6)14-7(16)4-18-9;;;;;;;;;;;;;;;/h5-6,8,12,24H,2-4,7,9-11H2,1H3,(H,26,27,30);5-6,8-9,12H,2-4,7,10-11H2,1H3,(H,26,27,30);2-4,6H,5H2,1H3;2,5H,1,3-4,11H2,(H,13,14,16);2*1H4;5*1H;;;;3*1H2;;/q;;;;;;;;;;;;;;;;;+2;+3/p-5/t2*12-;;5-;;;;;;;;;;;;;;;/m00.0.............../s1. The number of nitrogens with one attached hydrogen (secondary N) is 4. The van der Waals surface area contributed by atoms with Crippen LogP contribution < -0.4 is 76.7 Å². The maximum atomic E-state index is 14.4. The van der Waals surface area contributed by atoms with Crippen molar-refractivity contribution in [1.82, 2.24) is 49.0 Å². The number of aromatic nitrogens is 10. The molecule has 7 amide bonds. The number of thioether (sulfide) groups is 2. The molecule has 0 saturated carbocycles. The van der Waals surface area contributed by atoms with E-state index in [0.717, 1.165) is 6.20 Å². The number of hydrogen-bond donors (Lipinski definition) is 5. The van der Waals surface area contributed by atoms with Crippen LogP contribution in [0.15, 0.2) is 87.0 Å². The first-order valence-electron chi connectivity index (χ1n) is 33.8. The molecular formula is C67H78F3I5MnN19O19S5V2. The number of cyclic esters (lactones) is 3. The Hall–Kier alpha value is -6.02. The number of likely N-dealkylation sites (N-methyl/N-ethyl adjacent to an activating group) is 1. The monoisotopic (exact) mass is 2460 g/mol. The van der Waals surface area contributed by atoms with Gasteiger partial charge < -0.3 is 74.2 Å². The van der Waals surface area contributed by atoms with Crippen molar-refractivity contribution in [2.45, 2.75) is 81.7 Å². The van der Waals surface area contributed by atoms with Gasteiger partial charge in [0.05, 0.1) is 98.6 Å². The molecule has 3 atom stereocenters. The van der Waals surface area contributed by atoms with E-state index in [1.165, 1.54) is 114 Å². The third-order valence-corrected chi connectivity index (χ3v) is 18.6. The van der Waals surface area contributed by atoms with Crippen molar-refractivity contribution in [2.24, 2.45) is 19.8 Å². The number of halogens is 8. The summed E-state index contributed by atoms with van der Waals surface area (Å²) in [4.78, 5) is 155. The number of aldehydes is 1. The number of fused-ring (bicyclic) bond motifs is 6. The molecule has 38 nitrogen and oxygen atoms in total. The van der Waals surface area contributed by atoms with E-state index in [2.05, 4.69) is 161 Å². The summed E-state index contributed by atoms with van der Waals surface area (Å²) in [5, 5.41) is 12.0. The Balaban J connectivity index is 0.000000334. The maximum absolute atomic E-state index is 14.4. The molecule has 3 aromatic carbocycles. The topological polar surface area (TPSA) is 470 Å². The third kappa shape index (κ3) is 29.5. The van der Waals surface area contributed by atoms with Crippen molar-refractivity contribution in [1.29, 1.82) is 0 Å².